The largest absolute Gasteiger partial charge is 0.490 e. The molecule has 5 atom stereocenters. The zero-order chi connectivity index (χ0) is 23.2. The number of aromatic nitrogens is 4. The van der Waals surface area contributed by atoms with Gasteiger partial charge in [0.15, 0.2) is 11.5 Å². The zero-order valence-corrected chi connectivity index (χ0v) is 19.2. The minimum atomic E-state index is -5.65. The summed E-state index contributed by atoms with van der Waals surface area (Å²) in [6, 6.07) is 0. The van der Waals surface area contributed by atoms with E-state index in [1.807, 2.05) is 0 Å². The lowest BCUT2D eigenvalue weighted by molar-refractivity contribution is -0.0423. The van der Waals surface area contributed by atoms with E-state index in [-0.39, 0.29) is 28.1 Å². The number of halogens is 1. The summed E-state index contributed by atoms with van der Waals surface area (Å²) in [5.74, 6) is 0.0957. The number of ether oxygens (including phenoxy) is 1. The zero-order valence-electron chi connectivity index (χ0n) is 14.9. The van der Waals surface area contributed by atoms with Gasteiger partial charge in [-0.3, -0.25) is 9.09 Å². The van der Waals surface area contributed by atoms with Crippen LogP contribution in [-0.2, 0) is 31.6 Å². The average molecular weight is 570 g/mol. The van der Waals surface area contributed by atoms with Crippen LogP contribution in [0.3, 0.4) is 0 Å². The molecule has 1 fully saturated rings. The number of imidazole rings is 1. The van der Waals surface area contributed by atoms with Crippen molar-refractivity contribution in [1.29, 1.82) is 0 Å². The van der Waals surface area contributed by atoms with E-state index >= 15 is 0 Å². The van der Waals surface area contributed by atoms with Crippen molar-refractivity contribution in [3.05, 3.63) is 11.1 Å². The molecule has 1 aliphatic rings. The van der Waals surface area contributed by atoms with Gasteiger partial charge in [0.25, 0.3) is 0 Å². The molecule has 3 heterocycles. The number of anilines is 1. The van der Waals surface area contributed by atoms with Crippen LogP contribution in [0.5, 0.6) is 0 Å². The van der Waals surface area contributed by atoms with Gasteiger partial charge < -0.3 is 35.2 Å². The summed E-state index contributed by atoms with van der Waals surface area (Å²) in [6.07, 6.45) is -1.93. The van der Waals surface area contributed by atoms with Gasteiger partial charge in [-0.15, -0.1) is 0 Å². The van der Waals surface area contributed by atoms with Crippen molar-refractivity contribution in [2.75, 3.05) is 12.3 Å². The molecule has 0 amide bonds. The number of fused-ring (bicyclic) bond motifs is 1. The molecule has 0 spiro atoms. The summed E-state index contributed by atoms with van der Waals surface area (Å²) in [7, 11) is -16.5. The Labute approximate surface area is 180 Å². The van der Waals surface area contributed by atoms with Gasteiger partial charge in [-0.1, -0.05) is 0 Å². The van der Waals surface area contributed by atoms with Crippen molar-refractivity contribution in [3.8, 4) is 0 Å². The summed E-state index contributed by atoms with van der Waals surface area (Å²) in [5, 5.41) is 10.2. The van der Waals surface area contributed by atoms with E-state index in [0.717, 1.165) is 0 Å². The van der Waals surface area contributed by atoms with Gasteiger partial charge in [0.2, 0.25) is 4.73 Å². The van der Waals surface area contributed by atoms with Crippen LogP contribution in [-0.4, -0.2) is 63.0 Å². The lowest BCUT2D eigenvalue weighted by Crippen LogP contribution is -2.26. The van der Waals surface area contributed by atoms with Crippen molar-refractivity contribution in [3.63, 3.8) is 0 Å². The number of phosphoric acid groups is 3. The number of nitrogens with zero attached hydrogens (tertiary/aromatic N) is 4. The quantitative estimate of drug-likeness (QED) is 0.182. The lowest BCUT2D eigenvalue weighted by atomic mass is 10.2. The Morgan fingerprint density at radius 3 is 2.52 bits per heavy atom. The normalized spacial score (nSPS) is 26.1. The molecule has 3 rings (SSSR count). The average Bonchev–Trinajstić information content (AvgIpc) is 3.13. The van der Waals surface area contributed by atoms with E-state index in [4.69, 9.17) is 25.2 Å². The Bertz CT molecular complexity index is 1120. The van der Waals surface area contributed by atoms with Crippen LogP contribution in [0.15, 0.2) is 11.1 Å². The summed E-state index contributed by atoms with van der Waals surface area (Å²) < 4.78 is 52.6. The minimum absolute atomic E-state index is 0.0165. The molecule has 2 aromatic rings. The molecule has 31 heavy (non-hydrogen) atoms. The minimum Gasteiger partial charge on any atom is -0.390 e. The Kier molecular flexibility index (Phi) is 7.07. The van der Waals surface area contributed by atoms with Crippen LogP contribution < -0.4 is 5.73 Å². The number of phosphoric ester groups is 1. The number of rotatable bonds is 8. The van der Waals surface area contributed by atoms with Crippen LogP contribution >= 0.6 is 39.4 Å². The Balaban J connectivity index is 1.66. The van der Waals surface area contributed by atoms with Gasteiger partial charge in [-0.25, -0.2) is 28.6 Å². The molecule has 174 valence electrons. The van der Waals surface area contributed by atoms with Gasteiger partial charge >= 0.3 is 23.5 Å². The van der Waals surface area contributed by atoms with E-state index in [1.54, 1.807) is 0 Å². The number of aliphatic hydroxyl groups is 1. The first-order valence-electron chi connectivity index (χ1n) is 7.93. The molecule has 7 N–H and O–H groups in total. The SMILES string of the molecule is Nc1nc(Br)nc2c1ncn2[C@@H]1C[C@H](O)[C@@H](COP(=O)(O)OP(=O)(O)OP(=O)(O)O)O1. The number of nitrogens with two attached hydrogens (primary N) is 1. The molecule has 0 aliphatic carbocycles. The van der Waals surface area contributed by atoms with Crippen molar-refractivity contribution >= 4 is 56.4 Å². The van der Waals surface area contributed by atoms with E-state index in [2.05, 4.69) is 44.0 Å². The van der Waals surface area contributed by atoms with E-state index < -0.39 is 48.5 Å². The van der Waals surface area contributed by atoms with Crippen LogP contribution in [0.25, 0.3) is 11.2 Å². The van der Waals surface area contributed by atoms with E-state index in [1.165, 1.54) is 10.9 Å². The maximum absolute atomic E-state index is 11.8. The molecule has 21 heteroatoms. The fraction of sp³-hybridized carbons (Fsp3) is 0.500. The molecule has 1 aliphatic heterocycles. The van der Waals surface area contributed by atoms with Crippen LogP contribution in [0.2, 0.25) is 0 Å². The summed E-state index contributed by atoms with van der Waals surface area (Å²) in [5.41, 5.74) is 6.32. The van der Waals surface area contributed by atoms with Gasteiger partial charge in [0, 0.05) is 6.42 Å². The summed E-state index contributed by atoms with van der Waals surface area (Å²) in [4.78, 5) is 47.7. The number of hydrogen-bond acceptors (Lipinski definition) is 12. The maximum Gasteiger partial charge on any atom is 0.490 e. The monoisotopic (exact) mass is 569 g/mol. The predicted molar refractivity (Wildman–Crippen MR) is 102 cm³/mol. The smallest absolute Gasteiger partial charge is 0.390 e. The molecule has 0 bridgehead atoms. The first-order valence-corrected chi connectivity index (χ1v) is 13.2. The molecular formula is C10H15BrN5O12P3. The first kappa shape index (κ1) is 24.8. The predicted octanol–water partition coefficient (Wildman–Crippen LogP) is 0.163. The highest BCUT2D eigenvalue weighted by molar-refractivity contribution is 9.10. The van der Waals surface area contributed by atoms with Crippen molar-refractivity contribution < 1.29 is 56.3 Å². The number of hydrogen-bond donors (Lipinski definition) is 6. The molecular weight excluding hydrogens is 555 g/mol. The molecule has 0 saturated carbocycles. The third kappa shape index (κ3) is 6.36. The van der Waals surface area contributed by atoms with Gasteiger partial charge in [0.1, 0.15) is 17.8 Å². The van der Waals surface area contributed by atoms with E-state index in [9.17, 15) is 23.7 Å². The van der Waals surface area contributed by atoms with Crippen LogP contribution in [0, 0.1) is 0 Å². The molecule has 2 unspecified atom stereocenters. The fourth-order valence-electron chi connectivity index (χ4n) is 2.63. The lowest BCUT2D eigenvalue weighted by Gasteiger charge is -2.19. The fourth-order valence-corrected chi connectivity index (χ4v) is 6.02. The van der Waals surface area contributed by atoms with Gasteiger partial charge in [0.05, 0.1) is 19.0 Å². The molecule has 0 aromatic carbocycles. The molecule has 0 radical (unpaired) electrons. The second-order valence-electron chi connectivity index (χ2n) is 6.02. The molecule has 17 nitrogen and oxygen atoms in total. The summed E-state index contributed by atoms with van der Waals surface area (Å²) >= 11 is 3.09. The Morgan fingerprint density at radius 1 is 1.19 bits per heavy atom. The topological polar surface area (TPSA) is 259 Å². The highest BCUT2D eigenvalue weighted by Gasteiger charge is 2.43. The molecule has 2 aromatic heterocycles. The first-order chi connectivity index (χ1) is 14.2. The summed E-state index contributed by atoms with van der Waals surface area (Å²) in [6.45, 7) is -0.797. The highest BCUT2D eigenvalue weighted by atomic mass is 79.9. The second kappa shape index (κ2) is 8.83. The second-order valence-corrected chi connectivity index (χ2v) is 11.2. The molecule has 1 saturated heterocycles. The third-order valence-electron chi connectivity index (χ3n) is 3.75. The highest BCUT2D eigenvalue weighted by Crippen LogP contribution is 2.66. The number of nitrogen functional groups attached to an aromatic ring is 1. The van der Waals surface area contributed by atoms with Crippen molar-refractivity contribution in [2.24, 2.45) is 0 Å². The number of aliphatic hydroxyl groups excluding tert-OH is 1. The van der Waals surface area contributed by atoms with Crippen molar-refractivity contribution in [2.45, 2.75) is 24.9 Å². The van der Waals surface area contributed by atoms with Crippen LogP contribution in [0.4, 0.5) is 5.82 Å². The van der Waals surface area contributed by atoms with E-state index in [0.29, 0.717) is 0 Å². The Hall–Kier alpha value is -0.840. The van der Waals surface area contributed by atoms with Crippen molar-refractivity contribution in [1.82, 2.24) is 19.5 Å². The third-order valence-corrected chi connectivity index (χ3v) is 7.91. The van der Waals surface area contributed by atoms with Gasteiger partial charge in [-0.05, 0) is 15.9 Å². The van der Waals surface area contributed by atoms with Crippen LogP contribution in [0.1, 0.15) is 12.6 Å². The standard InChI is InChI=1S/C10H15BrN5O12P3/c11-10-14-8(12)7-9(15-10)16(3-13-7)6-1-4(17)5(26-6)2-25-30(21,22)28-31(23,24)27-29(18,19)20/h3-6,17H,1-2H2,(H,21,22)(H,23,24)(H2,12,14,15)(H2,18,19,20)/t4-,5+,6-/m0/s1. The van der Waals surface area contributed by atoms with Gasteiger partial charge in [-0.2, -0.15) is 8.62 Å². The maximum atomic E-state index is 11.8. The Morgan fingerprint density at radius 2 is 1.87 bits per heavy atom.